The molecule has 0 bridgehead atoms. The Bertz CT molecular complexity index is 654. The van der Waals surface area contributed by atoms with E-state index in [1.54, 1.807) is 26.0 Å². The van der Waals surface area contributed by atoms with Gasteiger partial charge in [-0.15, -0.1) is 0 Å². The predicted molar refractivity (Wildman–Crippen MR) is 85.3 cm³/mol. The van der Waals surface area contributed by atoms with E-state index < -0.39 is 0 Å². The van der Waals surface area contributed by atoms with Crippen molar-refractivity contribution < 1.29 is 9.59 Å². The van der Waals surface area contributed by atoms with Gasteiger partial charge in [0.05, 0.1) is 0 Å². The quantitative estimate of drug-likeness (QED) is 0.891. The summed E-state index contributed by atoms with van der Waals surface area (Å²) >= 11 is 0. The van der Waals surface area contributed by atoms with Crippen LogP contribution in [-0.4, -0.2) is 16.8 Å². The molecule has 0 saturated heterocycles. The van der Waals surface area contributed by atoms with Crippen molar-refractivity contribution in [1.29, 1.82) is 0 Å². The molecule has 1 aromatic carbocycles. The Labute approximate surface area is 129 Å². The fraction of sp³-hybridized carbons (Fsp3) is 0.235. The molecule has 2 aromatic rings. The third-order valence-electron chi connectivity index (χ3n) is 3.09. The van der Waals surface area contributed by atoms with Crippen LogP contribution in [0.1, 0.15) is 29.8 Å². The van der Waals surface area contributed by atoms with E-state index in [1.165, 1.54) is 6.20 Å². The van der Waals surface area contributed by atoms with E-state index in [4.69, 9.17) is 0 Å². The second-order valence-corrected chi connectivity index (χ2v) is 5.24. The zero-order valence-electron chi connectivity index (χ0n) is 12.7. The van der Waals surface area contributed by atoms with Crippen LogP contribution in [0.3, 0.4) is 0 Å². The van der Waals surface area contributed by atoms with Gasteiger partial charge in [0.15, 0.2) is 0 Å². The summed E-state index contributed by atoms with van der Waals surface area (Å²) in [6, 6.07) is 12.9. The zero-order chi connectivity index (χ0) is 15.9. The number of anilines is 1. The van der Waals surface area contributed by atoms with Crippen molar-refractivity contribution in [2.75, 3.05) is 5.32 Å². The third kappa shape index (κ3) is 4.41. The summed E-state index contributed by atoms with van der Waals surface area (Å²) < 4.78 is 0. The van der Waals surface area contributed by atoms with Gasteiger partial charge in [-0.05, 0) is 17.7 Å². The Morgan fingerprint density at radius 2 is 1.86 bits per heavy atom. The Morgan fingerprint density at radius 3 is 2.55 bits per heavy atom. The van der Waals surface area contributed by atoms with Crippen molar-refractivity contribution in [2.45, 2.75) is 20.4 Å². The summed E-state index contributed by atoms with van der Waals surface area (Å²) in [5, 5.41) is 5.52. The highest BCUT2D eigenvalue weighted by Gasteiger charge is 2.10. The molecule has 0 radical (unpaired) electrons. The van der Waals surface area contributed by atoms with Crippen molar-refractivity contribution >= 4 is 17.6 Å². The topological polar surface area (TPSA) is 71.1 Å². The summed E-state index contributed by atoms with van der Waals surface area (Å²) in [5.41, 5.74) is 1.49. The van der Waals surface area contributed by atoms with Crippen LogP contribution in [0.15, 0.2) is 48.7 Å². The van der Waals surface area contributed by atoms with Crippen LogP contribution in [0.2, 0.25) is 0 Å². The van der Waals surface area contributed by atoms with E-state index >= 15 is 0 Å². The van der Waals surface area contributed by atoms with Gasteiger partial charge in [-0.25, -0.2) is 4.98 Å². The van der Waals surface area contributed by atoms with Crippen LogP contribution in [0.5, 0.6) is 0 Å². The van der Waals surface area contributed by atoms with Crippen LogP contribution < -0.4 is 10.6 Å². The minimum Gasteiger partial charge on any atom is -0.348 e. The van der Waals surface area contributed by atoms with Crippen LogP contribution in [0, 0.1) is 5.92 Å². The Hall–Kier alpha value is -2.69. The molecule has 0 unspecified atom stereocenters. The summed E-state index contributed by atoms with van der Waals surface area (Å²) in [5.74, 6) is -0.0935. The molecule has 2 N–H and O–H groups in total. The third-order valence-corrected chi connectivity index (χ3v) is 3.09. The Kier molecular flexibility index (Phi) is 5.25. The van der Waals surface area contributed by atoms with Gasteiger partial charge in [0.2, 0.25) is 5.91 Å². The minimum absolute atomic E-state index is 0.130. The zero-order valence-corrected chi connectivity index (χ0v) is 12.7. The number of rotatable bonds is 5. The van der Waals surface area contributed by atoms with Crippen molar-refractivity contribution in [3.63, 3.8) is 0 Å². The number of carbonyl (C=O) groups excluding carboxylic acids is 2. The normalized spacial score (nSPS) is 10.3. The summed E-state index contributed by atoms with van der Waals surface area (Å²) in [6.07, 6.45) is 1.51. The maximum Gasteiger partial charge on any atom is 0.251 e. The number of benzene rings is 1. The molecule has 0 aliphatic heterocycles. The first kappa shape index (κ1) is 15.7. The molecule has 5 nitrogen and oxygen atoms in total. The second kappa shape index (κ2) is 7.36. The van der Waals surface area contributed by atoms with Gasteiger partial charge in [0.1, 0.15) is 5.82 Å². The molecule has 2 rings (SSSR count). The summed E-state index contributed by atoms with van der Waals surface area (Å²) in [4.78, 5) is 27.8. The van der Waals surface area contributed by atoms with E-state index in [9.17, 15) is 9.59 Å². The summed E-state index contributed by atoms with van der Waals surface area (Å²) in [6.45, 7) is 4.05. The van der Waals surface area contributed by atoms with Crippen molar-refractivity contribution in [1.82, 2.24) is 10.3 Å². The van der Waals surface area contributed by atoms with Crippen LogP contribution in [-0.2, 0) is 11.3 Å². The minimum atomic E-state index is -0.203. The number of carbonyl (C=O) groups is 2. The molecule has 0 atom stereocenters. The van der Waals surface area contributed by atoms with Crippen molar-refractivity contribution in [3.8, 4) is 0 Å². The molecular weight excluding hydrogens is 278 g/mol. The van der Waals surface area contributed by atoms with Crippen LogP contribution in [0.25, 0.3) is 0 Å². The fourth-order valence-corrected chi connectivity index (χ4v) is 1.79. The maximum atomic E-state index is 12.1. The molecule has 0 aliphatic rings. The molecule has 22 heavy (non-hydrogen) atoms. The largest absolute Gasteiger partial charge is 0.348 e. The highest BCUT2D eigenvalue weighted by molar-refractivity contribution is 5.96. The summed E-state index contributed by atoms with van der Waals surface area (Å²) in [7, 11) is 0. The Morgan fingerprint density at radius 1 is 1.14 bits per heavy atom. The smallest absolute Gasteiger partial charge is 0.251 e. The number of amides is 2. The molecule has 0 spiro atoms. The molecular formula is C17H19N3O2. The van der Waals surface area contributed by atoms with Crippen LogP contribution >= 0.6 is 0 Å². The van der Waals surface area contributed by atoms with Gasteiger partial charge in [-0.3, -0.25) is 9.59 Å². The fourth-order valence-electron chi connectivity index (χ4n) is 1.79. The second-order valence-electron chi connectivity index (χ2n) is 5.24. The molecule has 2 amide bonds. The monoisotopic (exact) mass is 297 g/mol. The lowest BCUT2D eigenvalue weighted by atomic mass is 10.2. The molecule has 1 heterocycles. The maximum absolute atomic E-state index is 12.1. The molecule has 114 valence electrons. The van der Waals surface area contributed by atoms with Gasteiger partial charge in [0, 0.05) is 24.2 Å². The van der Waals surface area contributed by atoms with Gasteiger partial charge in [-0.2, -0.15) is 0 Å². The average molecular weight is 297 g/mol. The Balaban J connectivity index is 1.99. The van der Waals surface area contributed by atoms with Gasteiger partial charge in [0.25, 0.3) is 5.91 Å². The number of hydrogen-bond acceptors (Lipinski definition) is 3. The lowest BCUT2D eigenvalue weighted by Gasteiger charge is -2.09. The number of pyridine rings is 1. The first-order valence-electron chi connectivity index (χ1n) is 7.15. The van der Waals surface area contributed by atoms with E-state index in [1.807, 2.05) is 30.3 Å². The molecule has 1 aromatic heterocycles. The number of aromatic nitrogens is 1. The van der Waals surface area contributed by atoms with Crippen molar-refractivity contribution in [3.05, 3.63) is 59.8 Å². The van der Waals surface area contributed by atoms with Gasteiger partial charge in [-0.1, -0.05) is 44.2 Å². The molecule has 0 fully saturated rings. The number of hydrogen-bond donors (Lipinski definition) is 2. The van der Waals surface area contributed by atoms with Crippen molar-refractivity contribution in [2.24, 2.45) is 5.92 Å². The van der Waals surface area contributed by atoms with Gasteiger partial charge >= 0.3 is 0 Å². The van der Waals surface area contributed by atoms with E-state index in [0.29, 0.717) is 17.9 Å². The first-order valence-corrected chi connectivity index (χ1v) is 7.15. The van der Waals surface area contributed by atoms with Crippen LogP contribution in [0.4, 0.5) is 5.82 Å². The lowest BCUT2D eigenvalue weighted by Crippen LogP contribution is -2.23. The molecule has 0 saturated carbocycles. The standard InChI is InChI=1S/C17H19N3O2/c1-12(2)16(21)20-15-10-14(8-9-18-15)17(22)19-11-13-6-4-3-5-7-13/h3-10,12H,11H2,1-2H3,(H,19,22)(H,18,20,21). The molecule has 5 heteroatoms. The van der Waals surface area contributed by atoms with E-state index in [-0.39, 0.29) is 17.7 Å². The molecule has 0 aliphatic carbocycles. The SMILES string of the molecule is CC(C)C(=O)Nc1cc(C(=O)NCc2ccccc2)ccn1. The number of nitrogens with zero attached hydrogens (tertiary/aromatic N) is 1. The lowest BCUT2D eigenvalue weighted by molar-refractivity contribution is -0.118. The van der Waals surface area contributed by atoms with E-state index in [0.717, 1.165) is 5.56 Å². The predicted octanol–water partition coefficient (Wildman–Crippen LogP) is 2.61. The van der Waals surface area contributed by atoms with Gasteiger partial charge < -0.3 is 10.6 Å². The number of nitrogens with one attached hydrogen (secondary N) is 2. The highest BCUT2D eigenvalue weighted by atomic mass is 16.2. The average Bonchev–Trinajstić information content (AvgIpc) is 2.53. The van der Waals surface area contributed by atoms with E-state index in [2.05, 4.69) is 15.6 Å². The highest BCUT2D eigenvalue weighted by Crippen LogP contribution is 2.09. The first-order chi connectivity index (χ1) is 10.6.